The van der Waals surface area contributed by atoms with E-state index in [4.69, 9.17) is 9.84 Å². The Hall–Kier alpha value is -1.41. The van der Waals surface area contributed by atoms with E-state index in [0.29, 0.717) is 0 Å². The summed E-state index contributed by atoms with van der Waals surface area (Å²) in [5.41, 5.74) is -0.583. The van der Waals surface area contributed by atoms with Crippen molar-refractivity contribution in [1.82, 2.24) is 0 Å². The standard InChI is InChI=1S/C8H12O4.CH5NO2S/c1-8(2,3)12-7(11)5-4-6(9)10;1-5(2,3)4/h4-5H,1-3H3,(H,9,10);1H3,(H2,2,3,4)/b5-4-;. The molecule has 17 heavy (non-hydrogen) atoms. The zero-order chi connectivity index (χ0) is 14.3. The van der Waals surface area contributed by atoms with Crippen molar-refractivity contribution in [3.8, 4) is 0 Å². The molecular formula is C9H17NO6S. The number of carbonyl (C=O) groups excluding carboxylic acids is 1. The molecular weight excluding hydrogens is 250 g/mol. The molecule has 0 amide bonds. The molecule has 0 atom stereocenters. The van der Waals surface area contributed by atoms with Crippen LogP contribution in [-0.4, -0.2) is 37.3 Å². The normalized spacial score (nSPS) is 11.6. The molecule has 0 aliphatic rings. The average molecular weight is 267 g/mol. The SMILES string of the molecule is CC(C)(C)OC(=O)/C=C\C(=O)O.CS(N)(=O)=O. The lowest BCUT2D eigenvalue weighted by Crippen LogP contribution is -2.22. The number of aliphatic carboxylic acids is 1. The minimum Gasteiger partial charge on any atom is -0.478 e. The quantitative estimate of drug-likeness (QED) is 0.530. The Bertz CT molecular complexity index is 382. The van der Waals surface area contributed by atoms with Gasteiger partial charge in [-0.15, -0.1) is 0 Å². The Kier molecular flexibility index (Phi) is 7.42. The number of nitrogens with two attached hydrogens (primary N) is 1. The average Bonchev–Trinajstić information content (AvgIpc) is 1.93. The smallest absolute Gasteiger partial charge is 0.331 e. The largest absolute Gasteiger partial charge is 0.478 e. The molecule has 0 aromatic heterocycles. The second kappa shape index (κ2) is 7.02. The van der Waals surface area contributed by atoms with Gasteiger partial charge in [0.25, 0.3) is 0 Å². The summed E-state index contributed by atoms with van der Waals surface area (Å²) in [6, 6.07) is 0. The van der Waals surface area contributed by atoms with E-state index in [-0.39, 0.29) is 0 Å². The fourth-order valence-corrected chi connectivity index (χ4v) is 0.475. The predicted molar refractivity (Wildman–Crippen MR) is 61.7 cm³/mol. The van der Waals surface area contributed by atoms with Crippen molar-refractivity contribution in [2.45, 2.75) is 26.4 Å². The molecule has 0 rings (SSSR count). The zero-order valence-electron chi connectivity index (χ0n) is 10.1. The van der Waals surface area contributed by atoms with E-state index in [9.17, 15) is 18.0 Å². The monoisotopic (exact) mass is 267 g/mol. The van der Waals surface area contributed by atoms with Gasteiger partial charge in [0, 0.05) is 12.2 Å². The molecule has 3 N–H and O–H groups in total. The number of carbonyl (C=O) groups is 2. The van der Waals surface area contributed by atoms with Gasteiger partial charge < -0.3 is 9.84 Å². The first-order chi connectivity index (χ1) is 7.31. The van der Waals surface area contributed by atoms with Crippen LogP contribution in [0.5, 0.6) is 0 Å². The molecule has 0 aromatic rings. The molecule has 0 spiro atoms. The fraction of sp³-hybridized carbons (Fsp3) is 0.556. The number of primary sulfonamides is 1. The van der Waals surface area contributed by atoms with Crippen molar-refractivity contribution in [1.29, 1.82) is 0 Å². The van der Waals surface area contributed by atoms with Crippen molar-refractivity contribution in [3.63, 3.8) is 0 Å². The number of rotatable bonds is 2. The summed E-state index contributed by atoms with van der Waals surface area (Å²) < 4.78 is 23.6. The highest BCUT2D eigenvalue weighted by molar-refractivity contribution is 7.88. The Labute approximate surface area is 100 Å². The van der Waals surface area contributed by atoms with Crippen LogP contribution in [0.4, 0.5) is 0 Å². The van der Waals surface area contributed by atoms with Crippen LogP contribution in [0.25, 0.3) is 0 Å². The second-order valence-electron chi connectivity index (χ2n) is 4.03. The highest BCUT2D eigenvalue weighted by Crippen LogP contribution is 2.06. The number of esters is 1. The van der Waals surface area contributed by atoms with Gasteiger partial charge in [-0.1, -0.05) is 0 Å². The molecule has 7 nitrogen and oxygen atoms in total. The summed E-state index contributed by atoms with van der Waals surface area (Å²) in [5, 5.41) is 12.5. The number of sulfonamides is 1. The maximum atomic E-state index is 10.8. The van der Waals surface area contributed by atoms with Gasteiger partial charge in [-0.3, -0.25) is 0 Å². The topological polar surface area (TPSA) is 124 Å². The van der Waals surface area contributed by atoms with E-state index < -0.39 is 27.6 Å². The summed E-state index contributed by atoms with van der Waals surface area (Å²) in [5.74, 6) is -1.81. The Morgan fingerprint density at radius 1 is 1.24 bits per heavy atom. The first-order valence-corrected chi connectivity index (χ1v) is 6.38. The number of ether oxygens (including phenoxy) is 1. The van der Waals surface area contributed by atoms with Crippen LogP contribution in [0.2, 0.25) is 0 Å². The molecule has 0 saturated heterocycles. The molecule has 0 heterocycles. The molecule has 0 bridgehead atoms. The first-order valence-electron chi connectivity index (χ1n) is 4.43. The maximum Gasteiger partial charge on any atom is 0.331 e. The van der Waals surface area contributed by atoms with Gasteiger partial charge in [0.1, 0.15) is 5.60 Å². The third-order valence-electron chi connectivity index (χ3n) is 0.769. The third kappa shape index (κ3) is 31.3. The van der Waals surface area contributed by atoms with Gasteiger partial charge in [0.05, 0.1) is 6.26 Å². The lowest BCUT2D eigenvalue weighted by molar-refractivity contribution is -0.148. The second-order valence-corrected chi connectivity index (χ2v) is 5.69. The van der Waals surface area contributed by atoms with Crippen molar-refractivity contribution in [2.75, 3.05) is 6.26 Å². The molecule has 0 saturated carbocycles. The van der Waals surface area contributed by atoms with Crippen LogP contribution in [0.1, 0.15) is 20.8 Å². The van der Waals surface area contributed by atoms with E-state index in [1.165, 1.54) is 0 Å². The Morgan fingerprint density at radius 2 is 1.59 bits per heavy atom. The van der Waals surface area contributed by atoms with Crippen LogP contribution in [0.15, 0.2) is 12.2 Å². The van der Waals surface area contributed by atoms with Gasteiger partial charge in [0.2, 0.25) is 10.0 Å². The van der Waals surface area contributed by atoms with Gasteiger partial charge in [-0.2, -0.15) is 0 Å². The van der Waals surface area contributed by atoms with Crippen LogP contribution in [0.3, 0.4) is 0 Å². The lowest BCUT2D eigenvalue weighted by Gasteiger charge is -2.17. The summed E-state index contributed by atoms with van der Waals surface area (Å²) in [6.07, 6.45) is 2.56. The molecule has 0 radical (unpaired) electrons. The van der Waals surface area contributed by atoms with E-state index >= 15 is 0 Å². The lowest BCUT2D eigenvalue weighted by atomic mass is 10.2. The Morgan fingerprint density at radius 3 is 1.82 bits per heavy atom. The van der Waals surface area contributed by atoms with Crippen molar-refractivity contribution < 1.29 is 27.9 Å². The van der Waals surface area contributed by atoms with Crippen molar-refractivity contribution >= 4 is 22.0 Å². The van der Waals surface area contributed by atoms with Crippen LogP contribution >= 0.6 is 0 Å². The molecule has 8 heteroatoms. The van der Waals surface area contributed by atoms with Gasteiger partial charge in [-0.05, 0) is 20.8 Å². The summed E-state index contributed by atoms with van der Waals surface area (Å²) in [4.78, 5) is 20.8. The van der Waals surface area contributed by atoms with Crippen molar-refractivity contribution in [3.05, 3.63) is 12.2 Å². The van der Waals surface area contributed by atoms with Crippen LogP contribution in [0, 0.1) is 0 Å². The van der Waals surface area contributed by atoms with Gasteiger partial charge >= 0.3 is 11.9 Å². The fourth-order valence-electron chi connectivity index (χ4n) is 0.475. The maximum absolute atomic E-state index is 10.8. The molecule has 0 aromatic carbocycles. The minimum atomic E-state index is -3.17. The summed E-state index contributed by atoms with van der Waals surface area (Å²) >= 11 is 0. The van der Waals surface area contributed by atoms with Crippen molar-refractivity contribution in [2.24, 2.45) is 5.14 Å². The molecule has 0 aliphatic heterocycles. The number of hydrogen-bond acceptors (Lipinski definition) is 5. The van der Waals surface area contributed by atoms with Gasteiger partial charge in [-0.25, -0.2) is 23.1 Å². The number of carboxylic acids is 1. The minimum absolute atomic E-state index is 0.583. The molecule has 100 valence electrons. The summed E-state index contributed by atoms with van der Waals surface area (Å²) in [6.45, 7) is 5.12. The highest BCUT2D eigenvalue weighted by atomic mass is 32.2. The van der Waals surface area contributed by atoms with Crippen LogP contribution in [-0.2, 0) is 24.3 Å². The summed E-state index contributed by atoms with van der Waals surface area (Å²) in [7, 11) is -3.17. The van der Waals surface area contributed by atoms with Crippen LogP contribution < -0.4 is 5.14 Å². The van der Waals surface area contributed by atoms with E-state index in [1.807, 2.05) is 0 Å². The number of hydrogen-bond donors (Lipinski definition) is 2. The van der Waals surface area contributed by atoms with E-state index in [0.717, 1.165) is 18.4 Å². The molecule has 0 unspecified atom stereocenters. The molecule has 0 aliphatic carbocycles. The number of carboxylic acid groups (broad SMARTS) is 1. The van der Waals surface area contributed by atoms with E-state index in [2.05, 4.69) is 5.14 Å². The first kappa shape index (κ1) is 18.0. The molecule has 0 fully saturated rings. The predicted octanol–water partition coefficient (Wildman–Crippen LogP) is -0.126. The zero-order valence-corrected chi connectivity index (χ0v) is 10.9. The van der Waals surface area contributed by atoms with Gasteiger partial charge in [0.15, 0.2) is 0 Å². The Balaban J connectivity index is 0. The third-order valence-corrected chi connectivity index (χ3v) is 0.769. The highest BCUT2D eigenvalue weighted by Gasteiger charge is 2.13. The van der Waals surface area contributed by atoms with E-state index in [1.54, 1.807) is 20.8 Å².